The van der Waals surface area contributed by atoms with Crippen LogP contribution in [0.2, 0.25) is 0 Å². The summed E-state index contributed by atoms with van der Waals surface area (Å²) < 4.78 is 9.93. The Hall–Kier alpha value is -2.04. The Labute approximate surface area is 138 Å². The molecule has 0 saturated heterocycles. The van der Waals surface area contributed by atoms with E-state index in [4.69, 9.17) is 9.47 Å². The first-order valence-electron chi connectivity index (χ1n) is 7.93. The molecular weight excluding hydrogens is 294 g/mol. The Bertz CT molecular complexity index is 493. The molecule has 0 unspecified atom stereocenters. The van der Waals surface area contributed by atoms with Gasteiger partial charge in [-0.1, -0.05) is 36.8 Å². The third kappa shape index (κ3) is 8.24. The molecule has 1 rings (SSSR count). The molecule has 0 fully saturated rings. The molecule has 1 atom stereocenters. The fourth-order valence-electron chi connectivity index (χ4n) is 2.16. The van der Waals surface area contributed by atoms with Gasteiger partial charge in [0.2, 0.25) is 0 Å². The topological polar surface area (TPSA) is 64.6 Å². The van der Waals surface area contributed by atoms with Crippen LogP contribution in [0.3, 0.4) is 0 Å². The van der Waals surface area contributed by atoms with Crippen LogP contribution in [0.1, 0.15) is 45.6 Å². The summed E-state index contributed by atoms with van der Waals surface area (Å²) in [5, 5.41) is 2.59. The highest BCUT2D eigenvalue weighted by Gasteiger charge is 2.24. The summed E-state index contributed by atoms with van der Waals surface area (Å²) in [7, 11) is 1.32. The van der Waals surface area contributed by atoms with Gasteiger partial charge in [0.05, 0.1) is 7.11 Å². The smallest absolute Gasteiger partial charge is 0.408 e. The maximum atomic E-state index is 11.8. The molecule has 128 valence electrons. The van der Waals surface area contributed by atoms with Gasteiger partial charge in [-0.05, 0) is 45.6 Å². The zero-order valence-electron chi connectivity index (χ0n) is 14.4. The summed E-state index contributed by atoms with van der Waals surface area (Å²) in [4.78, 5) is 23.6. The van der Waals surface area contributed by atoms with Gasteiger partial charge >= 0.3 is 12.1 Å². The summed E-state index contributed by atoms with van der Waals surface area (Å²) >= 11 is 0. The Kier molecular flexibility index (Phi) is 7.59. The Morgan fingerprint density at radius 2 is 1.78 bits per heavy atom. The van der Waals surface area contributed by atoms with Crippen LogP contribution >= 0.6 is 0 Å². The lowest BCUT2D eigenvalue weighted by atomic mass is 10.0. The first-order valence-corrected chi connectivity index (χ1v) is 7.93. The highest BCUT2D eigenvalue weighted by atomic mass is 16.6. The number of rotatable bonds is 7. The van der Waals surface area contributed by atoms with E-state index in [9.17, 15) is 9.59 Å². The molecule has 0 aliphatic carbocycles. The molecule has 1 N–H and O–H groups in total. The number of amides is 1. The van der Waals surface area contributed by atoms with E-state index in [2.05, 4.69) is 17.4 Å². The van der Waals surface area contributed by atoms with Crippen molar-refractivity contribution in [3.05, 3.63) is 35.9 Å². The number of hydrogen-bond donors (Lipinski definition) is 1. The van der Waals surface area contributed by atoms with Crippen molar-refractivity contribution in [2.75, 3.05) is 7.11 Å². The Balaban J connectivity index is 2.42. The van der Waals surface area contributed by atoms with Gasteiger partial charge in [-0.2, -0.15) is 0 Å². The molecule has 1 aromatic carbocycles. The van der Waals surface area contributed by atoms with Crippen LogP contribution in [0, 0.1) is 0 Å². The van der Waals surface area contributed by atoms with Gasteiger partial charge in [0, 0.05) is 0 Å². The molecular formula is C18H27NO4. The fraction of sp³-hybridized carbons (Fsp3) is 0.556. The zero-order valence-corrected chi connectivity index (χ0v) is 14.4. The van der Waals surface area contributed by atoms with Crippen LogP contribution in [0.5, 0.6) is 0 Å². The highest BCUT2D eigenvalue weighted by Crippen LogP contribution is 2.11. The van der Waals surface area contributed by atoms with Crippen LogP contribution in [0.15, 0.2) is 30.3 Å². The maximum absolute atomic E-state index is 11.8. The minimum absolute atomic E-state index is 0.449. The summed E-state index contributed by atoms with van der Waals surface area (Å²) in [6.07, 6.45) is 2.62. The molecule has 0 heterocycles. The number of unbranched alkanes of at least 4 members (excludes halogenated alkanes) is 1. The largest absolute Gasteiger partial charge is 0.467 e. The molecule has 0 bridgehead atoms. The number of esters is 1. The number of aryl methyl sites for hydroxylation is 1. The quantitative estimate of drug-likeness (QED) is 0.617. The number of benzene rings is 1. The number of carbonyl (C=O) groups is 2. The fourth-order valence-corrected chi connectivity index (χ4v) is 2.16. The van der Waals surface area contributed by atoms with Crippen molar-refractivity contribution in [3.63, 3.8) is 0 Å². The van der Waals surface area contributed by atoms with E-state index in [0.717, 1.165) is 19.3 Å². The van der Waals surface area contributed by atoms with Crippen molar-refractivity contribution in [2.24, 2.45) is 0 Å². The average molecular weight is 321 g/mol. The number of ether oxygens (including phenoxy) is 2. The van der Waals surface area contributed by atoms with Gasteiger partial charge in [-0.15, -0.1) is 0 Å². The number of alkyl carbamates (subject to hydrolysis) is 1. The molecule has 0 aliphatic rings. The second-order valence-electron chi connectivity index (χ2n) is 6.45. The zero-order chi connectivity index (χ0) is 17.3. The van der Waals surface area contributed by atoms with Crippen LogP contribution in [0.25, 0.3) is 0 Å². The number of carbonyl (C=O) groups excluding carboxylic acids is 2. The van der Waals surface area contributed by atoms with Crippen molar-refractivity contribution in [2.45, 2.75) is 58.1 Å². The molecule has 23 heavy (non-hydrogen) atoms. The minimum atomic E-state index is -0.675. The van der Waals surface area contributed by atoms with E-state index in [1.807, 2.05) is 18.2 Å². The van der Waals surface area contributed by atoms with Crippen LogP contribution in [-0.4, -0.2) is 30.8 Å². The van der Waals surface area contributed by atoms with Crippen LogP contribution < -0.4 is 5.32 Å². The number of methoxy groups -OCH3 is 1. The molecule has 5 nitrogen and oxygen atoms in total. The summed E-state index contributed by atoms with van der Waals surface area (Å²) in [6.45, 7) is 5.33. The van der Waals surface area contributed by atoms with Crippen LogP contribution in [-0.2, 0) is 20.7 Å². The summed E-state index contributed by atoms with van der Waals surface area (Å²) in [5.74, 6) is -0.449. The average Bonchev–Trinajstić information content (AvgIpc) is 2.48. The van der Waals surface area contributed by atoms with Crippen LogP contribution in [0.4, 0.5) is 4.79 Å². The van der Waals surface area contributed by atoms with Crippen molar-refractivity contribution in [3.8, 4) is 0 Å². The SMILES string of the molecule is COC(=O)[C@H](CCCCc1ccccc1)NC(=O)OC(C)(C)C. The van der Waals surface area contributed by atoms with Gasteiger partial charge in [0.1, 0.15) is 11.6 Å². The van der Waals surface area contributed by atoms with Gasteiger partial charge in [0.25, 0.3) is 0 Å². The second-order valence-corrected chi connectivity index (χ2v) is 6.45. The Morgan fingerprint density at radius 1 is 1.13 bits per heavy atom. The van der Waals surface area contributed by atoms with E-state index < -0.39 is 23.7 Å². The van der Waals surface area contributed by atoms with E-state index in [1.165, 1.54) is 12.7 Å². The lowest BCUT2D eigenvalue weighted by Gasteiger charge is -2.22. The van der Waals surface area contributed by atoms with E-state index in [-0.39, 0.29) is 0 Å². The first kappa shape index (κ1) is 19.0. The second kappa shape index (κ2) is 9.18. The van der Waals surface area contributed by atoms with E-state index >= 15 is 0 Å². The lowest BCUT2D eigenvalue weighted by Crippen LogP contribution is -2.44. The molecule has 0 aromatic heterocycles. The molecule has 0 aliphatic heterocycles. The highest BCUT2D eigenvalue weighted by molar-refractivity contribution is 5.81. The van der Waals surface area contributed by atoms with Gasteiger partial charge in [0.15, 0.2) is 0 Å². The standard InChI is InChI=1S/C18H27NO4/c1-18(2,3)23-17(21)19-15(16(20)22-4)13-9-8-12-14-10-6-5-7-11-14/h5-7,10-11,15H,8-9,12-13H2,1-4H3,(H,19,21)/t15-/m0/s1. The van der Waals surface area contributed by atoms with Gasteiger partial charge < -0.3 is 14.8 Å². The normalized spacial score (nSPS) is 12.3. The van der Waals surface area contributed by atoms with Crippen molar-refractivity contribution in [1.29, 1.82) is 0 Å². The molecule has 0 saturated carbocycles. The van der Waals surface area contributed by atoms with Crippen molar-refractivity contribution in [1.82, 2.24) is 5.32 Å². The van der Waals surface area contributed by atoms with Crippen molar-refractivity contribution < 1.29 is 19.1 Å². The Morgan fingerprint density at radius 3 is 2.35 bits per heavy atom. The minimum Gasteiger partial charge on any atom is -0.467 e. The third-order valence-electron chi connectivity index (χ3n) is 3.23. The summed E-state index contributed by atoms with van der Waals surface area (Å²) in [6, 6.07) is 9.49. The van der Waals surface area contributed by atoms with E-state index in [1.54, 1.807) is 20.8 Å². The first-order chi connectivity index (χ1) is 10.8. The van der Waals surface area contributed by atoms with Crippen molar-refractivity contribution >= 4 is 12.1 Å². The summed E-state index contributed by atoms with van der Waals surface area (Å²) in [5.41, 5.74) is 0.667. The number of nitrogens with one attached hydrogen (secondary N) is 1. The maximum Gasteiger partial charge on any atom is 0.408 e. The molecule has 1 aromatic rings. The predicted molar refractivity (Wildman–Crippen MR) is 89.2 cm³/mol. The molecule has 0 spiro atoms. The van der Waals surface area contributed by atoms with Gasteiger partial charge in [-0.3, -0.25) is 0 Å². The molecule has 0 radical (unpaired) electrons. The monoisotopic (exact) mass is 321 g/mol. The third-order valence-corrected chi connectivity index (χ3v) is 3.23. The van der Waals surface area contributed by atoms with Gasteiger partial charge in [-0.25, -0.2) is 9.59 Å². The molecule has 5 heteroatoms. The number of hydrogen-bond acceptors (Lipinski definition) is 4. The predicted octanol–water partition coefficient (Wildman–Crippen LogP) is 3.47. The lowest BCUT2D eigenvalue weighted by molar-refractivity contribution is -0.143. The molecule has 1 amide bonds. The van der Waals surface area contributed by atoms with E-state index in [0.29, 0.717) is 6.42 Å².